The average molecular weight is 291 g/mol. The van der Waals surface area contributed by atoms with Gasteiger partial charge in [0.1, 0.15) is 0 Å². The molecule has 1 aliphatic heterocycles. The topological polar surface area (TPSA) is 51.0 Å². The molecule has 3 rings (SSSR count). The summed E-state index contributed by atoms with van der Waals surface area (Å²) < 4.78 is 5.58. The van der Waals surface area contributed by atoms with Crippen LogP contribution >= 0.6 is 0 Å². The highest BCUT2D eigenvalue weighted by molar-refractivity contribution is 5.02. The van der Waals surface area contributed by atoms with E-state index in [1.54, 1.807) is 0 Å². The monoisotopic (exact) mass is 291 g/mol. The van der Waals surface area contributed by atoms with Crippen molar-refractivity contribution in [3.63, 3.8) is 0 Å². The maximum atomic E-state index is 5.58. The van der Waals surface area contributed by atoms with E-state index in [1.807, 2.05) is 0 Å². The van der Waals surface area contributed by atoms with Crippen LogP contribution in [0.5, 0.6) is 0 Å². The van der Waals surface area contributed by atoms with Gasteiger partial charge in [-0.25, -0.2) is 0 Å². The Morgan fingerprint density at radius 2 is 2.00 bits per heavy atom. The molecule has 1 unspecified atom stereocenters. The lowest BCUT2D eigenvalue weighted by molar-refractivity contribution is 0.259. The van der Waals surface area contributed by atoms with Crippen LogP contribution in [0.3, 0.4) is 0 Å². The highest BCUT2D eigenvalue weighted by Crippen LogP contribution is 2.37. The lowest BCUT2D eigenvalue weighted by Crippen LogP contribution is -2.28. The minimum Gasteiger partial charge on any atom is -0.339 e. The third kappa shape index (κ3) is 3.85. The van der Waals surface area contributed by atoms with Crippen LogP contribution in [0.4, 0.5) is 0 Å². The van der Waals surface area contributed by atoms with Crippen LogP contribution in [0.1, 0.15) is 88.3 Å². The van der Waals surface area contributed by atoms with Crippen molar-refractivity contribution in [3.8, 4) is 0 Å². The van der Waals surface area contributed by atoms with E-state index >= 15 is 0 Å². The van der Waals surface area contributed by atoms with Gasteiger partial charge in [-0.2, -0.15) is 4.98 Å². The smallest absolute Gasteiger partial charge is 0.229 e. The zero-order valence-corrected chi connectivity index (χ0v) is 13.3. The number of aromatic nitrogens is 2. The molecule has 1 saturated heterocycles. The number of hydrogen-bond donors (Lipinski definition) is 1. The van der Waals surface area contributed by atoms with Crippen LogP contribution in [-0.4, -0.2) is 23.2 Å². The van der Waals surface area contributed by atoms with E-state index in [1.165, 1.54) is 57.8 Å². The van der Waals surface area contributed by atoms with Crippen LogP contribution < -0.4 is 5.32 Å². The second-order valence-electron chi connectivity index (χ2n) is 6.89. The first kappa shape index (κ1) is 15.0. The average Bonchev–Trinajstić information content (AvgIpc) is 3.04. The van der Waals surface area contributed by atoms with Gasteiger partial charge in [-0.05, 0) is 51.0 Å². The number of hydrogen-bond acceptors (Lipinski definition) is 4. The lowest BCUT2D eigenvalue weighted by atomic mass is 9.80. The first-order valence-electron chi connectivity index (χ1n) is 8.91. The molecule has 1 aromatic rings. The van der Waals surface area contributed by atoms with Crippen molar-refractivity contribution in [1.82, 2.24) is 15.5 Å². The van der Waals surface area contributed by atoms with Crippen molar-refractivity contribution in [3.05, 3.63) is 11.7 Å². The Morgan fingerprint density at radius 1 is 1.14 bits per heavy atom. The van der Waals surface area contributed by atoms with Gasteiger partial charge in [0.2, 0.25) is 5.89 Å². The van der Waals surface area contributed by atoms with Gasteiger partial charge in [-0.15, -0.1) is 0 Å². The number of nitrogens with one attached hydrogen (secondary N) is 1. The molecule has 1 atom stereocenters. The van der Waals surface area contributed by atoms with Crippen molar-refractivity contribution in [2.75, 3.05) is 13.1 Å². The fourth-order valence-corrected chi connectivity index (χ4v) is 3.84. The number of nitrogens with zero attached hydrogens (tertiary/aromatic N) is 2. The van der Waals surface area contributed by atoms with Crippen molar-refractivity contribution in [2.24, 2.45) is 5.92 Å². The maximum absolute atomic E-state index is 5.58. The Morgan fingerprint density at radius 3 is 2.71 bits per heavy atom. The van der Waals surface area contributed by atoms with Gasteiger partial charge in [0.25, 0.3) is 0 Å². The lowest BCUT2D eigenvalue weighted by Gasteiger charge is -2.26. The first-order chi connectivity index (χ1) is 10.4. The molecule has 2 heterocycles. The molecule has 1 aliphatic carbocycles. The molecule has 0 bridgehead atoms. The van der Waals surface area contributed by atoms with E-state index in [0.29, 0.717) is 11.8 Å². The van der Waals surface area contributed by atoms with Gasteiger partial charge < -0.3 is 9.84 Å². The van der Waals surface area contributed by atoms with Crippen molar-refractivity contribution >= 4 is 0 Å². The van der Waals surface area contributed by atoms with Crippen molar-refractivity contribution in [1.29, 1.82) is 0 Å². The van der Waals surface area contributed by atoms with Gasteiger partial charge in [0.05, 0.1) is 0 Å². The second-order valence-corrected chi connectivity index (χ2v) is 6.89. The third-order valence-corrected chi connectivity index (χ3v) is 5.28. The maximum Gasteiger partial charge on any atom is 0.229 e. The molecule has 2 fully saturated rings. The van der Waals surface area contributed by atoms with Crippen LogP contribution in [0.15, 0.2) is 4.52 Å². The van der Waals surface area contributed by atoms with Crippen LogP contribution in [0, 0.1) is 5.92 Å². The zero-order chi connectivity index (χ0) is 14.5. The second kappa shape index (κ2) is 7.39. The molecule has 1 N–H and O–H groups in total. The molecule has 0 amide bonds. The van der Waals surface area contributed by atoms with Gasteiger partial charge in [-0.3, -0.25) is 0 Å². The molecule has 0 aromatic carbocycles. The molecule has 4 heteroatoms. The highest BCUT2D eigenvalue weighted by Gasteiger charge is 2.28. The van der Waals surface area contributed by atoms with E-state index in [0.717, 1.165) is 30.7 Å². The molecular formula is C17H29N3O. The van der Waals surface area contributed by atoms with Crippen LogP contribution in [0.2, 0.25) is 0 Å². The normalized spacial score (nSPS) is 30.4. The zero-order valence-electron chi connectivity index (χ0n) is 13.3. The molecule has 0 radical (unpaired) electrons. The van der Waals surface area contributed by atoms with Crippen molar-refractivity contribution in [2.45, 2.75) is 76.5 Å². The van der Waals surface area contributed by atoms with Gasteiger partial charge >= 0.3 is 0 Å². The predicted octanol–water partition coefficient (Wildman–Crippen LogP) is 4.00. The Balaban J connectivity index is 1.52. The summed E-state index contributed by atoms with van der Waals surface area (Å²) in [5.41, 5.74) is 0. The van der Waals surface area contributed by atoms with E-state index in [9.17, 15) is 0 Å². The SMILES string of the molecule is CCCCC1CCC(c2nc(C3CCCNC3)no2)CC1. The summed E-state index contributed by atoms with van der Waals surface area (Å²) >= 11 is 0. The molecule has 1 saturated carbocycles. The summed E-state index contributed by atoms with van der Waals surface area (Å²) in [4.78, 5) is 4.73. The number of unbranched alkanes of at least 4 members (excludes halogenated alkanes) is 1. The first-order valence-corrected chi connectivity index (χ1v) is 8.91. The summed E-state index contributed by atoms with van der Waals surface area (Å²) in [7, 11) is 0. The Hall–Kier alpha value is -0.900. The molecule has 21 heavy (non-hydrogen) atoms. The molecule has 0 spiro atoms. The quantitative estimate of drug-likeness (QED) is 0.891. The molecule has 118 valence electrons. The highest BCUT2D eigenvalue weighted by atomic mass is 16.5. The van der Waals surface area contributed by atoms with E-state index in [-0.39, 0.29) is 0 Å². The van der Waals surface area contributed by atoms with E-state index < -0.39 is 0 Å². The third-order valence-electron chi connectivity index (χ3n) is 5.28. The molecule has 2 aliphatic rings. The Bertz CT molecular complexity index is 417. The minimum absolute atomic E-state index is 0.456. The van der Waals surface area contributed by atoms with Gasteiger partial charge in [0.15, 0.2) is 5.82 Å². The minimum atomic E-state index is 0.456. The number of rotatable bonds is 5. The Labute approximate surface area is 128 Å². The summed E-state index contributed by atoms with van der Waals surface area (Å²) in [6.45, 7) is 4.41. The molecule has 4 nitrogen and oxygen atoms in total. The van der Waals surface area contributed by atoms with E-state index in [4.69, 9.17) is 9.51 Å². The summed E-state index contributed by atoms with van der Waals surface area (Å²) in [6.07, 6.45) is 11.7. The largest absolute Gasteiger partial charge is 0.339 e. The summed E-state index contributed by atoms with van der Waals surface area (Å²) in [6, 6.07) is 0. The summed E-state index contributed by atoms with van der Waals surface area (Å²) in [5, 5.41) is 7.68. The van der Waals surface area contributed by atoms with E-state index in [2.05, 4.69) is 17.4 Å². The predicted molar refractivity (Wildman–Crippen MR) is 83.4 cm³/mol. The van der Waals surface area contributed by atoms with Gasteiger partial charge in [-0.1, -0.05) is 31.3 Å². The van der Waals surface area contributed by atoms with Crippen molar-refractivity contribution < 1.29 is 4.52 Å². The fraction of sp³-hybridized carbons (Fsp3) is 0.882. The molecular weight excluding hydrogens is 262 g/mol. The molecule has 1 aromatic heterocycles. The fourth-order valence-electron chi connectivity index (χ4n) is 3.84. The van der Waals surface area contributed by atoms with Crippen LogP contribution in [-0.2, 0) is 0 Å². The standard InChI is InChI=1S/C17H29N3O/c1-2-3-5-13-7-9-14(10-8-13)17-19-16(20-21-17)15-6-4-11-18-12-15/h13-15,18H,2-12H2,1H3. The summed E-state index contributed by atoms with van der Waals surface area (Å²) in [5.74, 6) is 3.75. The number of piperidine rings is 1. The van der Waals surface area contributed by atoms with Crippen LogP contribution in [0.25, 0.3) is 0 Å². The van der Waals surface area contributed by atoms with Gasteiger partial charge in [0, 0.05) is 18.4 Å². The Kier molecular flexibility index (Phi) is 5.28.